The Kier molecular flexibility index (Phi) is 7.30. The summed E-state index contributed by atoms with van der Waals surface area (Å²) in [5, 5.41) is 0. The van der Waals surface area contributed by atoms with Gasteiger partial charge in [-0.25, -0.2) is 0 Å². The molecule has 0 aromatic rings. The molecule has 0 aliphatic carbocycles. The number of hydrogen-bond acceptors (Lipinski definition) is 3. The summed E-state index contributed by atoms with van der Waals surface area (Å²) < 4.78 is 5.46. The van der Waals surface area contributed by atoms with Crippen molar-refractivity contribution in [3.63, 3.8) is 0 Å². The monoisotopic (exact) mass is 284 g/mol. The molecule has 0 N–H and O–H groups in total. The minimum atomic E-state index is 0.522. The number of hydrogen-bond donors (Lipinski definition) is 0. The lowest BCUT2D eigenvalue weighted by atomic mass is 10.0. The smallest absolute Gasteiger partial charge is 0.195 e. The highest BCUT2D eigenvalue weighted by Gasteiger charge is 2.22. The standard InChI is InChI=1S/C15H32N4O/c1-13(2)11-14(19-7-9-20-10-8-19)12-16-15(17(3)4)18(5)6/h13-14H,7-12H2,1-6H3/t14-/m0/s1. The van der Waals surface area contributed by atoms with Crippen molar-refractivity contribution in [3.8, 4) is 0 Å². The van der Waals surface area contributed by atoms with Gasteiger partial charge in [-0.15, -0.1) is 0 Å². The van der Waals surface area contributed by atoms with Crippen molar-refractivity contribution in [1.82, 2.24) is 14.7 Å². The number of ether oxygens (including phenoxy) is 1. The maximum Gasteiger partial charge on any atom is 0.195 e. The Morgan fingerprint density at radius 1 is 1.10 bits per heavy atom. The van der Waals surface area contributed by atoms with Crippen LogP contribution in [0.3, 0.4) is 0 Å². The molecular weight excluding hydrogens is 252 g/mol. The second-order valence-corrected chi connectivity index (χ2v) is 6.36. The van der Waals surface area contributed by atoms with Crippen LogP contribution in [0.15, 0.2) is 4.99 Å². The van der Waals surface area contributed by atoms with Crippen molar-refractivity contribution in [1.29, 1.82) is 0 Å². The fourth-order valence-electron chi connectivity index (χ4n) is 2.70. The Balaban J connectivity index is 2.70. The van der Waals surface area contributed by atoms with Gasteiger partial charge in [0.05, 0.1) is 19.8 Å². The summed E-state index contributed by atoms with van der Waals surface area (Å²) in [6.45, 7) is 9.22. The molecule has 5 heteroatoms. The third kappa shape index (κ3) is 5.67. The largest absolute Gasteiger partial charge is 0.379 e. The van der Waals surface area contributed by atoms with Crippen LogP contribution in [0.2, 0.25) is 0 Å². The third-order valence-corrected chi connectivity index (χ3v) is 3.55. The summed E-state index contributed by atoms with van der Waals surface area (Å²) in [4.78, 5) is 11.5. The van der Waals surface area contributed by atoms with Crippen LogP contribution in [0.4, 0.5) is 0 Å². The lowest BCUT2D eigenvalue weighted by molar-refractivity contribution is 0.0142. The highest BCUT2D eigenvalue weighted by Crippen LogP contribution is 2.14. The van der Waals surface area contributed by atoms with E-state index < -0.39 is 0 Å². The van der Waals surface area contributed by atoms with Crippen molar-refractivity contribution in [2.45, 2.75) is 26.3 Å². The quantitative estimate of drug-likeness (QED) is 0.561. The molecule has 1 saturated heterocycles. The van der Waals surface area contributed by atoms with E-state index in [9.17, 15) is 0 Å². The van der Waals surface area contributed by atoms with E-state index in [0.717, 1.165) is 38.8 Å². The van der Waals surface area contributed by atoms with Gasteiger partial charge in [0.15, 0.2) is 5.96 Å². The van der Waals surface area contributed by atoms with Crippen LogP contribution < -0.4 is 0 Å². The van der Waals surface area contributed by atoms with Gasteiger partial charge in [-0.3, -0.25) is 9.89 Å². The van der Waals surface area contributed by atoms with Crippen LogP contribution in [0.1, 0.15) is 20.3 Å². The maximum atomic E-state index is 5.46. The van der Waals surface area contributed by atoms with Gasteiger partial charge >= 0.3 is 0 Å². The van der Waals surface area contributed by atoms with Crippen LogP contribution in [-0.2, 0) is 4.74 Å². The fourth-order valence-corrected chi connectivity index (χ4v) is 2.70. The van der Waals surface area contributed by atoms with Crippen molar-refractivity contribution >= 4 is 5.96 Å². The van der Waals surface area contributed by atoms with Crippen LogP contribution in [0, 0.1) is 5.92 Å². The summed E-state index contributed by atoms with van der Waals surface area (Å²) in [6.07, 6.45) is 1.19. The predicted octanol–water partition coefficient (Wildman–Crippen LogP) is 1.21. The van der Waals surface area contributed by atoms with Crippen LogP contribution in [0.5, 0.6) is 0 Å². The minimum absolute atomic E-state index is 0.522. The molecule has 5 nitrogen and oxygen atoms in total. The van der Waals surface area contributed by atoms with E-state index in [0.29, 0.717) is 12.0 Å². The zero-order valence-electron chi connectivity index (χ0n) is 14.1. The van der Waals surface area contributed by atoms with E-state index in [2.05, 4.69) is 28.5 Å². The Morgan fingerprint density at radius 2 is 1.65 bits per heavy atom. The zero-order valence-corrected chi connectivity index (χ0v) is 14.1. The second kappa shape index (κ2) is 8.47. The second-order valence-electron chi connectivity index (χ2n) is 6.36. The highest BCUT2D eigenvalue weighted by atomic mass is 16.5. The summed E-state index contributed by atoms with van der Waals surface area (Å²) >= 11 is 0. The molecule has 0 aromatic heterocycles. The minimum Gasteiger partial charge on any atom is -0.379 e. The summed E-state index contributed by atoms with van der Waals surface area (Å²) in [7, 11) is 8.19. The van der Waals surface area contributed by atoms with Gasteiger partial charge in [-0.1, -0.05) is 13.8 Å². The van der Waals surface area contributed by atoms with Crippen LogP contribution >= 0.6 is 0 Å². The van der Waals surface area contributed by atoms with E-state index >= 15 is 0 Å². The normalized spacial score (nSPS) is 17.9. The molecule has 1 rings (SSSR count). The van der Waals surface area contributed by atoms with Gasteiger partial charge < -0.3 is 14.5 Å². The van der Waals surface area contributed by atoms with Crippen LogP contribution in [-0.4, -0.2) is 87.7 Å². The van der Waals surface area contributed by atoms with Gasteiger partial charge in [-0.2, -0.15) is 0 Å². The lowest BCUT2D eigenvalue weighted by Gasteiger charge is -2.35. The SMILES string of the molecule is CC(C)C[C@@H](CN=C(N(C)C)N(C)C)N1CCOCC1. The van der Waals surface area contributed by atoms with Gasteiger partial charge in [0.25, 0.3) is 0 Å². The lowest BCUT2D eigenvalue weighted by Crippen LogP contribution is -2.46. The number of guanidine groups is 1. The van der Waals surface area contributed by atoms with E-state index in [4.69, 9.17) is 9.73 Å². The molecule has 1 atom stereocenters. The van der Waals surface area contributed by atoms with Crippen molar-refractivity contribution in [3.05, 3.63) is 0 Å². The molecule has 0 bridgehead atoms. The molecule has 118 valence electrons. The average Bonchev–Trinajstić information content (AvgIpc) is 2.37. The molecule has 1 heterocycles. The molecule has 0 aromatic carbocycles. The topological polar surface area (TPSA) is 31.3 Å². The van der Waals surface area contributed by atoms with Crippen molar-refractivity contribution in [2.24, 2.45) is 10.9 Å². The molecule has 0 unspecified atom stereocenters. The number of nitrogens with zero attached hydrogens (tertiary/aromatic N) is 4. The molecule has 0 amide bonds. The first-order valence-corrected chi connectivity index (χ1v) is 7.62. The Morgan fingerprint density at radius 3 is 2.10 bits per heavy atom. The Bertz CT molecular complexity index is 286. The first-order chi connectivity index (χ1) is 9.41. The van der Waals surface area contributed by atoms with Gasteiger partial charge in [0.1, 0.15) is 0 Å². The molecule has 0 spiro atoms. The van der Waals surface area contributed by atoms with E-state index in [1.54, 1.807) is 0 Å². The summed E-state index contributed by atoms with van der Waals surface area (Å²) in [5.74, 6) is 1.73. The van der Waals surface area contributed by atoms with E-state index in [1.165, 1.54) is 6.42 Å². The first kappa shape index (κ1) is 17.2. The van der Waals surface area contributed by atoms with Gasteiger partial charge in [0.2, 0.25) is 0 Å². The predicted molar refractivity (Wildman–Crippen MR) is 85.3 cm³/mol. The number of aliphatic imine (C=N–C) groups is 1. The molecule has 20 heavy (non-hydrogen) atoms. The first-order valence-electron chi connectivity index (χ1n) is 7.62. The molecular formula is C15H32N4O. The molecule has 0 radical (unpaired) electrons. The number of morpholine rings is 1. The van der Waals surface area contributed by atoms with Gasteiger partial charge in [-0.05, 0) is 12.3 Å². The number of rotatable bonds is 5. The Hall–Kier alpha value is -0.810. The zero-order chi connectivity index (χ0) is 15.1. The molecule has 0 saturated carbocycles. The van der Waals surface area contributed by atoms with E-state index in [-0.39, 0.29) is 0 Å². The maximum absolute atomic E-state index is 5.46. The van der Waals surface area contributed by atoms with E-state index in [1.807, 2.05) is 28.2 Å². The fraction of sp³-hybridized carbons (Fsp3) is 0.933. The summed E-state index contributed by atoms with van der Waals surface area (Å²) in [6, 6.07) is 0.522. The molecule has 1 aliphatic rings. The Labute approximate surface area is 124 Å². The average molecular weight is 284 g/mol. The third-order valence-electron chi connectivity index (χ3n) is 3.55. The van der Waals surface area contributed by atoms with Crippen LogP contribution in [0.25, 0.3) is 0 Å². The van der Waals surface area contributed by atoms with Crippen molar-refractivity contribution < 1.29 is 4.74 Å². The van der Waals surface area contributed by atoms with Crippen molar-refractivity contribution in [2.75, 3.05) is 61.0 Å². The highest BCUT2D eigenvalue weighted by molar-refractivity contribution is 5.79. The summed E-state index contributed by atoms with van der Waals surface area (Å²) in [5.41, 5.74) is 0. The molecule has 1 fully saturated rings. The molecule has 1 aliphatic heterocycles. The van der Waals surface area contributed by atoms with Gasteiger partial charge in [0, 0.05) is 47.3 Å².